The van der Waals surface area contributed by atoms with Crippen LogP contribution in [0.2, 0.25) is 0 Å². The molecule has 0 N–H and O–H groups in total. The van der Waals surface area contributed by atoms with Crippen LogP contribution >= 0.6 is 0 Å². The Balaban J connectivity index is 0.981. The quantitative estimate of drug-likeness (QED) is 0.0400. The van der Waals surface area contributed by atoms with E-state index in [4.69, 9.17) is 0 Å². The van der Waals surface area contributed by atoms with Gasteiger partial charge in [0.15, 0.2) is 0 Å². The first-order valence-electron chi connectivity index (χ1n) is 39.8. The van der Waals surface area contributed by atoms with Crippen LogP contribution < -0.4 is 9.80 Å². The normalized spacial score (nSPS) is 11.9. The molecule has 2 heteroatoms. The molecule has 0 unspecified atom stereocenters. The highest BCUT2D eigenvalue weighted by atomic mass is 15.1. The van der Waals surface area contributed by atoms with E-state index in [-0.39, 0.29) is 10.8 Å². The summed E-state index contributed by atoms with van der Waals surface area (Å²) >= 11 is 0. The monoisotopic (exact) mass is 1370 g/mol. The van der Waals surface area contributed by atoms with Crippen molar-refractivity contribution >= 4 is 34.1 Å². The Morgan fingerprint density at radius 2 is 0.635 bits per heavy atom. The maximum absolute atomic E-state index is 2.63. The molecular weight excluding hydrogens is 1250 g/mol. The summed E-state index contributed by atoms with van der Waals surface area (Å²) in [4.78, 5) is 4.93. The summed E-state index contributed by atoms with van der Waals surface area (Å²) in [6, 6.07) is 89.5. The zero-order valence-corrected chi connectivity index (χ0v) is 66.5. The van der Waals surface area contributed by atoms with E-state index in [0.717, 1.165) is 72.6 Å². The lowest BCUT2D eigenvalue weighted by atomic mass is 9.75. The molecule has 0 radical (unpaired) electrons. The van der Waals surface area contributed by atoms with Crippen molar-refractivity contribution in [1.29, 1.82) is 0 Å². The Kier molecular flexibility index (Phi) is 25.1. The topological polar surface area (TPSA) is 6.48 Å². The van der Waals surface area contributed by atoms with E-state index in [0.29, 0.717) is 17.8 Å². The van der Waals surface area contributed by atoms with Gasteiger partial charge in [-0.25, -0.2) is 0 Å². The van der Waals surface area contributed by atoms with Gasteiger partial charge in [-0.05, 0) is 296 Å². The maximum Gasteiger partial charge on any atom is 0.0464 e. The van der Waals surface area contributed by atoms with Crippen LogP contribution in [-0.4, -0.2) is 0 Å². The summed E-state index contributed by atoms with van der Waals surface area (Å²) in [5, 5.41) is 0. The fourth-order valence-electron chi connectivity index (χ4n) is 16.1. The summed E-state index contributed by atoms with van der Waals surface area (Å²) in [5.41, 5.74) is 36.2. The van der Waals surface area contributed by atoms with Crippen molar-refractivity contribution in [3.8, 4) is 66.8 Å². The van der Waals surface area contributed by atoms with Gasteiger partial charge in [0.2, 0.25) is 0 Å². The predicted molar refractivity (Wildman–Crippen MR) is 456 cm³/mol. The smallest absolute Gasteiger partial charge is 0.0464 e. The summed E-state index contributed by atoms with van der Waals surface area (Å²) in [7, 11) is 0. The van der Waals surface area contributed by atoms with Gasteiger partial charge in [-0.3, -0.25) is 0 Å². The van der Waals surface area contributed by atoms with Crippen LogP contribution in [0.15, 0.2) is 231 Å². The van der Waals surface area contributed by atoms with Gasteiger partial charge in [-0.15, -0.1) is 0 Å². The van der Waals surface area contributed by atoms with Gasteiger partial charge in [0.25, 0.3) is 0 Å². The zero-order chi connectivity index (χ0) is 73.8. The molecule has 2 nitrogen and oxygen atoms in total. The molecule has 0 spiro atoms. The number of aryl methyl sites for hydroxylation is 6. The predicted octanol–water partition coefficient (Wildman–Crippen LogP) is 30.5. The number of hydrogen-bond acceptors (Lipinski definition) is 2. The van der Waals surface area contributed by atoms with Crippen molar-refractivity contribution in [3.63, 3.8) is 0 Å². The number of benzene rings is 11. The van der Waals surface area contributed by atoms with Crippen molar-refractivity contribution in [2.75, 3.05) is 9.80 Å². The zero-order valence-electron chi connectivity index (χ0n) is 66.5. The third-order valence-corrected chi connectivity index (χ3v) is 22.7. The Morgan fingerprint density at radius 1 is 0.298 bits per heavy atom. The van der Waals surface area contributed by atoms with Gasteiger partial charge in [0, 0.05) is 34.1 Å². The minimum absolute atomic E-state index is 0.0995. The molecule has 0 amide bonds. The molecule has 0 bridgehead atoms. The van der Waals surface area contributed by atoms with Crippen molar-refractivity contribution in [3.05, 3.63) is 286 Å². The second kappa shape index (κ2) is 34.3. The number of unbranched alkanes of at least 4 members (excludes halogenated alkanes) is 6. The van der Waals surface area contributed by atoms with Crippen LogP contribution in [0.5, 0.6) is 0 Å². The first-order chi connectivity index (χ1) is 50.0. The van der Waals surface area contributed by atoms with E-state index in [1.165, 1.54) is 174 Å². The molecule has 11 aromatic rings. The Hall–Kier alpha value is -8.98. The van der Waals surface area contributed by atoms with Crippen LogP contribution in [0, 0.1) is 45.4 Å². The standard InChI is InChI=1S/C102H120N2/c1-18-21-23-25-27-86-69-99(97-60-58-95(67-74(97)11)104(92-51-39-83(40-52-92)80-33-45-88(46-34-80)101(14,15)61-20-3)93-55-43-85(44-56-93)100-75(12)64-78(63-71(6)7)65-76(100)13)87(28-26-24-22-19-2)68-98(86)96-59-57-94(66-73(96)10)103(90-49-37-82(38-50-90)79-31-29-77(30-32-79)62-70(4)5)91-53-41-84(42-54-91)81-35-47-89(48-36-81)102(16,17)72(8)9/h29-60,64-72H,18-28,61-63H2,1-17H3. The molecule has 0 saturated heterocycles. The molecule has 0 heterocycles. The molecule has 0 aliphatic carbocycles. The highest BCUT2D eigenvalue weighted by Crippen LogP contribution is 2.45. The fourth-order valence-corrected chi connectivity index (χ4v) is 16.1. The molecular formula is C102H120N2. The first-order valence-corrected chi connectivity index (χ1v) is 39.8. The Bertz CT molecular complexity index is 4570. The lowest BCUT2D eigenvalue weighted by Crippen LogP contribution is -2.24. The summed E-state index contributed by atoms with van der Waals surface area (Å²) in [6.45, 7) is 39.5. The van der Waals surface area contributed by atoms with Gasteiger partial charge in [0.1, 0.15) is 0 Å². The van der Waals surface area contributed by atoms with E-state index in [1.54, 1.807) is 0 Å². The number of hydrogen-bond donors (Lipinski definition) is 0. The molecule has 0 saturated carbocycles. The molecule has 104 heavy (non-hydrogen) atoms. The van der Waals surface area contributed by atoms with E-state index in [9.17, 15) is 0 Å². The summed E-state index contributed by atoms with van der Waals surface area (Å²) in [5.74, 6) is 1.78. The molecule has 11 rings (SSSR count). The molecule has 0 aliphatic heterocycles. The first kappa shape index (κ1) is 76.2. The Morgan fingerprint density at radius 3 is 0.981 bits per heavy atom. The highest BCUT2D eigenvalue weighted by molar-refractivity contribution is 5.87. The Labute approximate surface area is 629 Å². The summed E-state index contributed by atoms with van der Waals surface area (Å²) in [6.07, 6.45) is 16.2. The number of anilines is 6. The molecule has 11 aromatic carbocycles. The van der Waals surface area contributed by atoms with Crippen molar-refractivity contribution in [2.24, 2.45) is 17.8 Å². The minimum Gasteiger partial charge on any atom is -0.310 e. The maximum atomic E-state index is 2.63. The fraction of sp³-hybridized carbons (Fsp3) is 0.353. The SMILES string of the molecule is CCCCCCc1cc(-c2ccc(N(c3ccc(-c4ccc(C(C)(C)CCC)cc4)cc3)c3ccc(-c4c(C)cc(CC(C)C)cc4C)cc3)cc2C)c(CCCCCC)cc1-c1ccc(N(c2ccc(-c3ccc(CC(C)C)cc3)cc2)c2ccc(-c3ccc(C(C)(C)C(C)C)cc3)cc2)cc1C. The summed E-state index contributed by atoms with van der Waals surface area (Å²) < 4.78 is 0. The van der Waals surface area contributed by atoms with Gasteiger partial charge in [-0.1, -0.05) is 293 Å². The van der Waals surface area contributed by atoms with E-state index >= 15 is 0 Å². The lowest BCUT2D eigenvalue weighted by molar-refractivity contribution is 0.372. The second-order valence-electron chi connectivity index (χ2n) is 32.8. The van der Waals surface area contributed by atoms with Gasteiger partial charge in [-0.2, -0.15) is 0 Å². The van der Waals surface area contributed by atoms with Crippen LogP contribution in [0.4, 0.5) is 34.1 Å². The minimum atomic E-state index is 0.0995. The van der Waals surface area contributed by atoms with Crippen molar-refractivity contribution in [1.82, 2.24) is 0 Å². The third kappa shape index (κ3) is 18.0. The largest absolute Gasteiger partial charge is 0.310 e. The average molecular weight is 1370 g/mol. The number of nitrogens with zero attached hydrogens (tertiary/aromatic N) is 2. The van der Waals surface area contributed by atoms with Crippen molar-refractivity contribution in [2.45, 2.75) is 218 Å². The molecule has 0 fully saturated rings. The third-order valence-electron chi connectivity index (χ3n) is 22.7. The van der Waals surface area contributed by atoms with Gasteiger partial charge in [0.05, 0.1) is 0 Å². The van der Waals surface area contributed by atoms with E-state index in [1.807, 2.05) is 0 Å². The second-order valence-corrected chi connectivity index (χ2v) is 32.8. The molecule has 0 aliphatic rings. The van der Waals surface area contributed by atoms with Crippen LogP contribution in [-0.2, 0) is 36.5 Å². The van der Waals surface area contributed by atoms with Crippen LogP contribution in [0.3, 0.4) is 0 Å². The highest BCUT2D eigenvalue weighted by Gasteiger charge is 2.26. The van der Waals surface area contributed by atoms with Crippen LogP contribution in [0.25, 0.3) is 66.8 Å². The van der Waals surface area contributed by atoms with Gasteiger partial charge < -0.3 is 9.80 Å². The average Bonchev–Trinajstić information content (AvgIpc) is 0.772. The van der Waals surface area contributed by atoms with Gasteiger partial charge >= 0.3 is 0 Å². The van der Waals surface area contributed by atoms with E-state index < -0.39 is 0 Å². The van der Waals surface area contributed by atoms with E-state index in [2.05, 4.69) is 358 Å². The number of rotatable bonds is 31. The van der Waals surface area contributed by atoms with Crippen molar-refractivity contribution < 1.29 is 0 Å². The molecule has 538 valence electrons. The molecule has 0 atom stereocenters. The van der Waals surface area contributed by atoms with Crippen LogP contribution in [0.1, 0.15) is 210 Å². The lowest BCUT2D eigenvalue weighted by Gasteiger charge is -2.30. The molecule has 0 aromatic heterocycles.